The molecule has 1 heterocycles. The second-order valence-corrected chi connectivity index (χ2v) is 1.61. The Morgan fingerprint density at radius 1 is 1.75 bits per heavy atom. The quantitative estimate of drug-likeness (QED) is 0.673. The first-order valence-corrected chi connectivity index (χ1v) is 2.80. The predicted molar refractivity (Wildman–Crippen MR) is 33.7 cm³/mol. The summed E-state index contributed by atoms with van der Waals surface area (Å²) in [6.45, 7) is 1.70. The number of rotatable bonds is 1. The Bertz CT molecular complexity index is 176. The van der Waals surface area contributed by atoms with Gasteiger partial charge in [0.1, 0.15) is 0 Å². The molecule has 0 aromatic carbocycles. The van der Waals surface area contributed by atoms with Gasteiger partial charge < -0.3 is 7.59 Å². The molecule has 0 spiro atoms. The summed E-state index contributed by atoms with van der Waals surface area (Å²) >= 11 is 1.68. The highest BCUT2D eigenvalue weighted by Crippen LogP contribution is 2.05. The molecule has 0 fully saturated rings. The lowest BCUT2D eigenvalue weighted by Gasteiger charge is -1.76. The van der Waals surface area contributed by atoms with E-state index in [2.05, 4.69) is 17.7 Å². The van der Waals surface area contributed by atoms with Gasteiger partial charge in [0, 0.05) is 6.92 Å². The number of nitrogens with zero attached hydrogens (tertiary/aromatic N) is 2. The van der Waals surface area contributed by atoms with E-state index in [1.807, 2.05) is 0 Å². The number of aryl methyl sites for hydroxylation is 1. The predicted octanol–water partition coefficient (Wildman–Crippen LogP) is 1.11. The third kappa shape index (κ3) is 1.09. The van der Waals surface area contributed by atoms with E-state index in [-0.39, 0.29) is 6.01 Å². The van der Waals surface area contributed by atoms with Gasteiger partial charge in [-0.2, -0.15) is 4.98 Å². The molecule has 0 bridgehead atoms. The van der Waals surface area contributed by atoms with Gasteiger partial charge in [0.05, 0.1) is 0 Å². The van der Waals surface area contributed by atoms with Crippen LogP contribution in [0.4, 0.5) is 0 Å². The molecule has 0 aliphatic carbocycles. The molecule has 0 saturated carbocycles. The molecule has 4 nitrogen and oxygen atoms in total. The van der Waals surface area contributed by atoms with Gasteiger partial charge in [-0.1, -0.05) is 0 Å². The second-order valence-electron chi connectivity index (χ2n) is 1.17. The molecule has 8 heavy (non-hydrogen) atoms. The Kier molecular flexibility index (Phi) is 1.66. The smallest absolute Gasteiger partial charge is 0.363 e. The fourth-order valence-electron chi connectivity index (χ4n) is 0.312. The van der Waals surface area contributed by atoms with Crippen LogP contribution in [-0.2, 0) is 0 Å². The Morgan fingerprint density at radius 3 is 2.75 bits per heavy atom. The zero-order valence-corrected chi connectivity index (χ0v) is 6.25. The lowest BCUT2D eigenvalue weighted by Crippen LogP contribution is -1.73. The van der Waals surface area contributed by atoms with Crippen molar-refractivity contribution in [3.63, 3.8) is 0 Å². The van der Waals surface area contributed by atoms with Crippen molar-refractivity contribution in [2.45, 2.75) is 6.92 Å². The SMILES string of the molecule is Cc1nc(OI)no1. The summed E-state index contributed by atoms with van der Waals surface area (Å²) in [7, 11) is 0. The van der Waals surface area contributed by atoms with Crippen LogP contribution in [0.5, 0.6) is 6.01 Å². The third-order valence-corrected chi connectivity index (χ3v) is 0.972. The Hall–Kier alpha value is -0.330. The van der Waals surface area contributed by atoms with E-state index in [1.165, 1.54) is 0 Å². The first-order valence-electron chi connectivity index (χ1n) is 1.92. The Labute approximate surface area is 59.9 Å². The van der Waals surface area contributed by atoms with Crippen LogP contribution in [0.15, 0.2) is 4.52 Å². The molecule has 1 rings (SSSR count). The van der Waals surface area contributed by atoms with E-state index < -0.39 is 0 Å². The van der Waals surface area contributed by atoms with Crippen molar-refractivity contribution in [3.05, 3.63) is 5.89 Å². The van der Waals surface area contributed by atoms with Crippen LogP contribution in [-0.4, -0.2) is 10.1 Å². The molecule has 5 heteroatoms. The molecule has 0 N–H and O–H groups in total. The van der Waals surface area contributed by atoms with Crippen LogP contribution < -0.4 is 3.07 Å². The Morgan fingerprint density at radius 2 is 2.50 bits per heavy atom. The molecule has 0 aliphatic heterocycles. The first kappa shape index (κ1) is 5.80. The summed E-state index contributed by atoms with van der Waals surface area (Å²) in [6, 6.07) is 0.267. The minimum Gasteiger partial charge on any atom is -0.390 e. The van der Waals surface area contributed by atoms with Crippen molar-refractivity contribution in [2.75, 3.05) is 0 Å². The van der Waals surface area contributed by atoms with Crippen LogP contribution in [0, 0.1) is 6.92 Å². The summed E-state index contributed by atoms with van der Waals surface area (Å²) < 4.78 is 9.15. The van der Waals surface area contributed by atoms with Crippen LogP contribution in [0.3, 0.4) is 0 Å². The van der Waals surface area contributed by atoms with Crippen molar-refractivity contribution < 1.29 is 7.59 Å². The zero-order valence-electron chi connectivity index (χ0n) is 4.09. The highest BCUT2D eigenvalue weighted by atomic mass is 127. The van der Waals surface area contributed by atoms with Crippen molar-refractivity contribution in [2.24, 2.45) is 0 Å². The number of hydrogen-bond acceptors (Lipinski definition) is 4. The molecule has 0 aliphatic rings. The molecule has 0 saturated heterocycles. The molecular weight excluding hydrogens is 223 g/mol. The van der Waals surface area contributed by atoms with Crippen LogP contribution in [0.25, 0.3) is 0 Å². The summed E-state index contributed by atoms with van der Waals surface area (Å²) in [6.07, 6.45) is 0. The summed E-state index contributed by atoms with van der Waals surface area (Å²) in [5, 5.41) is 3.42. The third-order valence-electron chi connectivity index (χ3n) is 0.578. The van der Waals surface area contributed by atoms with Gasteiger partial charge in [-0.05, 0) is 5.16 Å². The van der Waals surface area contributed by atoms with Crippen molar-refractivity contribution in [3.8, 4) is 6.01 Å². The minimum atomic E-state index is 0.267. The Balaban J connectivity index is 2.84. The van der Waals surface area contributed by atoms with Crippen molar-refractivity contribution in [1.82, 2.24) is 10.1 Å². The van der Waals surface area contributed by atoms with E-state index in [0.29, 0.717) is 5.89 Å². The normalized spacial score (nSPS) is 9.25. The maximum atomic E-state index is 4.59. The topological polar surface area (TPSA) is 48.2 Å². The number of aromatic nitrogens is 2. The summed E-state index contributed by atoms with van der Waals surface area (Å²) in [5.74, 6) is 0.511. The van der Waals surface area contributed by atoms with Crippen molar-refractivity contribution in [1.29, 1.82) is 0 Å². The second kappa shape index (κ2) is 2.29. The zero-order chi connectivity index (χ0) is 5.98. The maximum Gasteiger partial charge on any atom is 0.363 e. The lowest BCUT2D eigenvalue weighted by atomic mass is 10.8. The van der Waals surface area contributed by atoms with E-state index in [1.54, 1.807) is 29.9 Å². The average molecular weight is 226 g/mol. The maximum absolute atomic E-state index is 4.59. The monoisotopic (exact) mass is 226 g/mol. The molecule has 0 radical (unpaired) electrons. The van der Waals surface area contributed by atoms with Gasteiger partial charge in [-0.25, -0.2) is 0 Å². The molecule has 0 unspecified atom stereocenters. The lowest BCUT2D eigenvalue weighted by molar-refractivity contribution is 0.380. The van der Waals surface area contributed by atoms with E-state index in [4.69, 9.17) is 0 Å². The van der Waals surface area contributed by atoms with Crippen LogP contribution >= 0.6 is 23.0 Å². The summed E-state index contributed by atoms with van der Waals surface area (Å²) in [4.78, 5) is 3.72. The fraction of sp³-hybridized carbons (Fsp3) is 0.333. The fourth-order valence-corrected chi connectivity index (χ4v) is 0.491. The van der Waals surface area contributed by atoms with E-state index in [0.717, 1.165) is 0 Å². The van der Waals surface area contributed by atoms with Gasteiger partial charge in [-0.3, -0.25) is 0 Å². The van der Waals surface area contributed by atoms with E-state index >= 15 is 0 Å². The standard InChI is InChI=1S/C3H3IN2O2/c1-2-5-3(7-4)6-8-2/h1H3. The molecule has 44 valence electrons. The van der Waals surface area contributed by atoms with Crippen LogP contribution in [0.2, 0.25) is 0 Å². The van der Waals surface area contributed by atoms with Gasteiger partial charge in [0.25, 0.3) is 0 Å². The average Bonchev–Trinajstić information content (AvgIpc) is 2.14. The largest absolute Gasteiger partial charge is 0.390 e. The number of halogens is 1. The minimum absolute atomic E-state index is 0.267. The molecule has 1 aromatic rings. The molecule has 0 amide bonds. The molecular formula is C3H3IN2O2. The highest BCUT2D eigenvalue weighted by molar-refractivity contribution is 14.1. The van der Waals surface area contributed by atoms with Crippen molar-refractivity contribution >= 4 is 23.0 Å². The van der Waals surface area contributed by atoms with E-state index in [9.17, 15) is 0 Å². The highest BCUT2D eigenvalue weighted by Gasteiger charge is 1.98. The van der Waals surface area contributed by atoms with Crippen LogP contribution in [0.1, 0.15) is 5.89 Å². The van der Waals surface area contributed by atoms with Gasteiger partial charge in [0.2, 0.25) is 5.89 Å². The summed E-state index contributed by atoms with van der Waals surface area (Å²) in [5.41, 5.74) is 0. The van der Waals surface area contributed by atoms with Gasteiger partial charge in [0.15, 0.2) is 23.0 Å². The molecule has 0 atom stereocenters. The van der Waals surface area contributed by atoms with Gasteiger partial charge in [-0.15, -0.1) is 0 Å². The number of hydrogen-bond donors (Lipinski definition) is 0. The molecule has 1 aromatic heterocycles. The first-order chi connectivity index (χ1) is 3.83. The van der Waals surface area contributed by atoms with Gasteiger partial charge >= 0.3 is 6.01 Å².